The molecule has 0 unspecified atom stereocenters. The lowest BCUT2D eigenvalue weighted by Gasteiger charge is -2.22. The molecule has 0 aromatic heterocycles. The Morgan fingerprint density at radius 1 is 1.48 bits per heavy atom. The van der Waals surface area contributed by atoms with Gasteiger partial charge in [-0.1, -0.05) is 26.3 Å². The van der Waals surface area contributed by atoms with Crippen LogP contribution in [-0.2, 0) is 14.3 Å². The van der Waals surface area contributed by atoms with Crippen LogP contribution in [-0.4, -0.2) is 55.8 Å². The lowest BCUT2D eigenvalue weighted by Crippen LogP contribution is -2.46. The standard InChI is InChI=1S/C17H29N3O3/c1-4-6-11-20(10-5-2)13-16(21)19-15(17(22)23-3)12-14-8-7-9-18-14/h8-9,15H,4-7,10-13H2,1-3H3,(H,19,21)/t15-/m1/s1/i2D. The number of methoxy groups -OCH3 is 1. The first-order chi connectivity index (χ1) is 11.6. The fourth-order valence-corrected chi connectivity index (χ4v) is 2.41. The summed E-state index contributed by atoms with van der Waals surface area (Å²) in [5.41, 5.74) is 0.794. The van der Waals surface area contributed by atoms with Gasteiger partial charge in [-0.15, -0.1) is 0 Å². The van der Waals surface area contributed by atoms with Crippen molar-refractivity contribution in [2.75, 3.05) is 26.7 Å². The van der Waals surface area contributed by atoms with Crippen LogP contribution in [0.2, 0.25) is 0 Å². The van der Waals surface area contributed by atoms with E-state index in [0.29, 0.717) is 13.3 Å². The van der Waals surface area contributed by atoms with Gasteiger partial charge in [0.1, 0.15) is 6.04 Å². The van der Waals surface area contributed by atoms with Gasteiger partial charge in [0.2, 0.25) is 5.91 Å². The maximum Gasteiger partial charge on any atom is 0.328 e. The number of nitrogens with zero attached hydrogens (tertiary/aromatic N) is 2. The average Bonchev–Trinajstić information content (AvgIpc) is 3.09. The van der Waals surface area contributed by atoms with Crippen molar-refractivity contribution in [3.8, 4) is 0 Å². The minimum Gasteiger partial charge on any atom is -0.467 e. The van der Waals surface area contributed by atoms with Gasteiger partial charge in [-0.05, 0) is 25.9 Å². The Balaban J connectivity index is 2.57. The number of aliphatic imine (C=N–C) groups is 1. The first-order valence-corrected chi connectivity index (χ1v) is 8.21. The summed E-state index contributed by atoms with van der Waals surface area (Å²) in [6.07, 6.45) is 7.61. The van der Waals surface area contributed by atoms with E-state index < -0.39 is 12.0 Å². The fraction of sp³-hybridized carbons (Fsp3) is 0.706. The summed E-state index contributed by atoms with van der Waals surface area (Å²) in [6.45, 7) is 4.22. The van der Waals surface area contributed by atoms with Crippen molar-refractivity contribution in [2.45, 2.75) is 52.0 Å². The van der Waals surface area contributed by atoms with Crippen LogP contribution in [0.3, 0.4) is 0 Å². The van der Waals surface area contributed by atoms with Crippen LogP contribution < -0.4 is 5.32 Å². The molecule has 130 valence electrons. The summed E-state index contributed by atoms with van der Waals surface area (Å²) in [7, 11) is 1.32. The first kappa shape index (κ1) is 17.7. The van der Waals surface area contributed by atoms with E-state index in [9.17, 15) is 9.59 Å². The molecule has 1 rings (SSSR count). The van der Waals surface area contributed by atoms with E-state index in [1.54, 1.807) is 6.21 Å². The zero-order chi connectivity index (χ0) is 17.8. The van der Waals surface area contributed by atoms with Crippen molar-refractivity contribution in [1.29, 1.82) is 0 Å². The minimum absolute atomic E-state index is 0.200. The van der Waals surface area contributed by atoms with Crippen LogP contribution in [0.1, 0.15) is 47.3 Å². The molecular formula is C17H29N3O3. The topological polar surface area (TPSA) is 71.0 Å². The smallest absolute Gasteiger partial charge is 0.328 e. The number of nitrogens with one attached hydrogen (secondary N) is 1. The zero-order valence-electron chi connectivity index (χ0n) is 15.2. The number of esters is 1. The molecule has 0 spiro atoms. The van der Waals surface area contributed by atoms with Crippen LogP contribution >= 0.6 is 0 Å². The van der Waals surface area contributed by atoms with Crippen molar-refractivity contribution in [3.63, 3.8) is 0 Å². The second-order valence-electron chi connectivity index (χ2n) is 5.57. The van der Waals surface area contributed by atoms with Crippen molar-refractivity contribution in [2.24, 2.45) is 4.99 Å². The summed E-state index contributed by atoms with van der Waals surface area (Å²) < 4.78 is 12.1. The highest BCUT2D eigenvalue weighted by Gasteiger charge is 2.24. The monoisotopic (exact) mass is 324 g/mol. The number of carbonyl (C=O) groups is 2. The van der Waals surface area contributed by atoms with Gasteiger partial charge in [-0.2, -0.15) is 0 Å². The van der Waals surface area contributed by atoms with Gasteiger partial charge in [0.05, 0.1) is 13.7 Å². The van der Waals surface area contributed by atoms with E-state index in [0.717, 1.165) is 44.5 Å². The molecule has 1 aliphatic rings. The Kier molecular flexibility index (Phi) is 8.40. The molecule has 1 aliphatic heterocycles. The van der Waals surface area contributed by atoms with Crippen molar-refractivity contribution in [3.05, 3.63) is 11.8 Å². The number of hydrogen-bond acceptors (Lipinski definition) is 5. The lowest BCUT2D eigenvalue weighted by molar-refractivity contribution is -0.145. The second kappa shape index (κ2) is 10.9. The van der Waals surface area contributed by atoms with Gasteiger partial charge in [-0.3, -0.25) is 14.7 Å². The molecule has 6 heteroatoms. The highest BCUT2D eigenvalue weighted by molar-refractivity contribution is 5.85. The van der Waals surface area contributed by atoms with Crippen molar-refractivity contribution in [1.82, 2.24) is 10.2 Å². The van der Waals surface area contributed by atoms with Gasteiger partial charge in [0, 0.05) is 26.1 Å². The highest BCUT2D eigenvalue weighted by Crippen LogP contribution is 2.13. The summed E-state index contributed by atoms with van der Waals surface area (Å²) >= 11 is 0. The van der Waals surface area contributed by atoms with E-state index >= 15 is 0 Å². The van der Waals surface area contributed by atoms with E-state index in [2.05, 4.69) is 17.2 Å². The van der Waals surface area contributed by atoms with E-state index in [1.807, 2.05) is 11.0 Å². The number of hydrogen-bond donors (Lipinski definition) is 1. The first-order valence-electron chi connectivity index (χ1n) is 8.91. The minimum atomic E-state index is -0.715. The lowest BCUT2D eigenvalue weighted by atomic mass is 10.1. The van der Waals surface area contributed by atoms with E-state index in [1.165, 1.54) is 7.11 Å². The molecule has 1 N–H and O–H groups in total. The predicted octanol–water partition coefficient (Wildman–Crippen LogP) is 1.90. The number of ether oxygens (including phenoxy) is 1. The zero-order valence-corrected chi connectivity index (χ0v) is 14.2. The van der Waals surface area contributed by atoms with Crippen LogP contribution in [0, 0.1) is 0 Å². The third kappa shape index (κ3) is 7.41. The summed E-state index contributed by atoms with van der Waals surface area (Å²) in [5, 5.41) is 2.76. The molecule has 0 bridgehead atoms. The number of rotatable bonds is 11. The number of carbonyl (C=O) groups excluding carboxylic acids is 2. The maximum atomic E-state index is 12.3. The number of allylic oxidation sites excluding steroid dienone is 1. The van der Waals surface area contributed by atoms with Gasteiger partial charge in [0.25, 0.3) is 0 Å². The summed E-state index contributed by atoms with van der Waals surface area (Å²) in [5.74, 6) is -0.660. The third-order valence-corrected chi connectivity index (χ3v) is 3.62. The Bertz CT molecular complexity index is 458. The van der Waals surface area contributed by atoms with E-state index in [4.69, 9.17) is 6.11 Å². The van der Waals surface area contributed by atoms with Crippen molar-refractivity contribution < 1.29 is 15.7 Å². The Morgan fingerprint density at radius 3 is 2.91 bits per heavy atom. The molecule has 0 radical (unpaired) electrons. The average molecular weight is 324 g/mol. The van der Waals surface area contributed by atoms with E-state index in [-0.39, 0.29) is 12.5 Å². The molecule has 0 aromatic carbocycles. The molecule has 1 heterocycles. The Labute approximate surface area is 140 Å². The molecule has 0 aliphatic carbocycles. The van der Waals surface area contributed by atoms with Gasteiger partial charge in [0.15, 0.2) is 0 Å². The van der Waals surface area contributed by atoms with Gasteiger partial charge < -0.3 is 10.1 Å². The number of amides is 1. The highest BCUT2D eigenvalue weighted by atomic mass is 16.5. The fourth-order valence-electron chi connectivity index (χ4n) is 2.41. The molecule has 1 amide bonds. The SMILES string of the molecule is [2H]CCCN(CCCC)CC(=O)N[C@H](CC1=CCC=N1)C(=O)OC. The molecule has 6 nitrogen and oxygen atoms in total. The summed E-state index contributed by atoms with van der Waals surface area (Å²) in [4.78, 5) is 30.5. The quantitative estimate of drug-likeness (QED) is 0.589. The van der Waals surface area contributed by atoms with Gasteiger partial charge in [-0.25, -0.2) is 4.79 Å². The number of unbranched alkanes of at least 4 members (excludes halogenated alkanes) is 1. The summed E-state index contributed by atoms with van der Waals surface area (Å²) in [6, 6.07) is -0.715. The maximum absolute atomic E-state index is 12.3. The third-order valence-electron chi connectivity index (χ3n) is 3.62. The normalized spacial score (nSPS) is 15.3. The Hall–Kier alpha value is -1.69. The van der Waals surface area contributed by atoms with Crippen molar-refractivity contribution >= 4 is 18.1 Å². The predicted molar refractivity (Wildman–Crippen MR) is 91.4 cm³/mol. The van der Waals surface area contributed by atoms with Crippen LogP contribution in [0.4, 0.5) is 0 Å². The van der Waals surface area contributed by atoms with Gasteiger partial charge >= 0.3 is 5.97 Å². The molecule has 0 fully saturated rings. The largest absolute Gasteiger partial charge is 0.467 e. The Morgan fingerprint density at radius 2 is 2.30 bits per heavy atom. The molecule has 0 saturated carbocycles. The second-order valence-corrected chi connectivity index (χ2v) is 5.57. The van der Waals surface area contributed by atoms with Crippen LogP contribution in [0.25, 0.3) is 0 Å². The van der Waals surface area contributed by atoms with Crippen LogP contribution in [0.15, 0.2) is 16.8 Å². The molecule has 0 aromatic rings. The van der Waals surface area contributed by atoms with Crippen LogP contribution in [0.5, 0.6) is 0 Å². The molecule has 1 atom stereocenters. The molecular weight excluding hydrogens is 294 g/mol. The molecule has 0 saturated heterocycles. The molecule has 23 heavy (non-hydrogen) atoms.